The molecule has 0 saturated carbocycles. The number of carboxylic acid groups (broad SMARTS) is 1. The second-order valence-electron chi connectivity index (χ2n) is 6.84. The van der Waals surface area contributed by atoms with Crippen molar-refractivity contribution in [3.05, 3.63) is 62.6 Å². The van der Waals surface area contributed by atoms with Crippen LogP contribution in [0.3, 0.4) is 0 Å². The van der Waals surface area contributed by atoms with Gasteiger partial charge in [-0.15, -0.1) is 0 Å². The molecule has 9 nitrogen and oxygen atoms in total. The zero-order chi connectivity index (χ0) is 23.1. The number of hydrogen-bond acceptors (Lipinski definition) is 6. The first-order valence-corrected chi connectivity index (χ1v) is 10.5. The maximum absolute atomic E-state index is 12.9. The van der Waals surface area contributed by atoms with Crippen LogP contribution < -0.4 is 10.9 Å². The van der Waals surface area contributed by atoms with Gasteiger partial charge < -0.3 is 20.1 Å². The quantitative estimate of drug-likeness (QED) is 0.601. The largest absolute Gasteiger partial charge is 0.507 e. The molecular weight excluding hydrogens is 445 g/mol. The number of carboxylic acids is 1. The number of hydrogen-bond donors (Lipinski definition) is 3. The molecule has 3 N–H and O–H groups in total. The average Bonchev–Trinajstić information content (AvgIpc) is 2.99. The zero-order valence-electron chi connectivity index (χ0n) is 15.6. The number of aromatic hydroxyl groups is 1. The number of nitrogens with one attached hydrogen (secondary N) is 1. The first-order valence-electron chi connectivity index (χ1n) is 8.64. The Morgan fingerprint density at radius 2 is 1.74 bits per heavy atom. The number of nitrogens with zero attached hydrogens (tertiary/aromatic N) is 1. The monoisotopic (exact) mass is 460 g/mol. The number of halogens is 3. The molecule has 0 fully saturated rings. The van der Waals surface area contributed by atoms with Gasteiger partial charge in [-0.3, -0.25) is 14.4 Å². The third-order valence-corrected chi connectivity index (χ3v) is 6.07. The van der Waals surface area contributed by atoms with Gasteiger partial charge in [0, 0.05) is 11.3 Å². The van der Waals surface area contributed by atoms with E-state index in [1.54, 1.807) is 0 Å². The van der Waals surface area contributed by atoms with Crippen molar-refractivity contribution in [2.45, 2.75) is 24.2 Å². The molecule has 1 aromatic carbocycles. The number of carbonyl (C=O) groups excluding carboxylic acids is 1. The van der Waals surface area contributed by atoms with Crippen molar-refractivity contribution in [2.24, 2.45) is 0 Å². The van der Waals surface area contributed by atoms with Gasteiger partial charge in [-0.05, 0) is 17.7 Å². The summed E-state index contributed by atoms with van der Waals surface area (Å²) in [5.74, 6) is -4.77. The van der Waals surface area contributed by atoms with Crippen LogP contribution in [0.15, 0.2) is 29.1 Å². The van der Waals surface area contributed by atoms with E-state index in [1.165, 1.54) is 0 Å². The van der Waals surface area contributed by atoms with Crippen LogP contribution in [-0.4, -0.2) is 41.6 Å². The lowest BCUT2D eigenvalue weighted by Gasteiger charge is -2.16. The fourth-order valence-corrected chi connectivity index (χ4v) is 4.80. The second-order valence-corrected chi connectivity index (χ2v) is 8.91. The van der Waals surface area contributed by atoms with Crippen LogP contribution in [0, 0.1) is 0 Å². The first-order chi connectivity index (χ1) is 14.3. The molecule has 2 heterocycles. The fourth-order valence-electron chi connectivity index (χ4n) is 3.20. The summed E-state index contributed by atoms with van der Waals surface area (Å²) in [7, 11) is -3.75. The number of sulfone groups is 1. The second kappa shape index (κ2) is 7.72. The number of aliphatic carboxylic acids is 1. The molecule has 0 bridgehead atoms. The highest BCUT2D eigenvalue weighted by molar-refractivity contribution is 7.90. The molecule has 0 radical (unpaired) electrons. The molecule has 2 aromatic rings. The summed E-state index contributed by atoms with van der Waals surface area (Å²) in [6.45, 7) is -1.22. The van der Waals surface area contributed by atoms with Gasteiger partial charge in [-0.2, -0.15) is 13.2 Å². The molecule has 0 spiro atoms. The number of alkyl halides is 3. The van der Waals surface area contributed by atoms with E-state index in [0.29, 0.717) is 0 Å². The minimum Gasteiger partial charge on any atom is -0.507 e. The number of aromatic nitrogens is 1. The summed E-state index contributed by atoms with van der Waals surface area (Å²) in [5, 5.41) is 21.0. The fraction of sp³-hybridized carbons (Fsp3) is 0.278. The smallest absolute Gasteiger partial charge is 0.416 e. The summed E-state index contributed by atoms with van der Waals surface area (Å²) in [4.78, 5) is 35.9. The van der Waals surface area contributed by atoms with Gasteiger partial charge in [0.05, 0.1) is 23.6 Å². The Balaban J connectivity index is 2.10. The molecule has 0 unspecified atom stereocenters. The minimum absolute atomic E-state index is 0.0859. The van der Waals surface area contributed by atoms with E-state index in [2.05, 4.69) is 0 Å². The molecule has 3 rings (SSSR count). The zero-order valence-corrected chi connectivity index (χ0v) is 16.4. The van der Waals surface area contributed by atoms with E-state index < -0.39 is 68.4 Å². The van der Waals surface area contributed by atoms with Crippen molar-refractivity contribution in [2.75, 3.05) is 6.54 Å². The maximum atomic E-state index is 12.9. The van der Waals surface area contributed by atoms with Gasteiger partial charge in [0.1, 0.15) is 17.9 Å². The Morgan fingerprint density at radius 3 is 2.29 bits per heavy atom. The van der Waals surface area contributed by atoms with Gasteiger partial charge in [-0.25, -0.2) is 8.42 Å². The average molecular weight is 460 g/mol. The number of fused-ring (bicyclic) bond motifs is 1. The molecule has 1 aliphatic heterocycles. The van der Waals surface area contributed by atoms with Crippen molar-refractivity contribution >= 4 is 21.7 Å². The highest BCUT2D eigenvalue weighted by Gasteiger charge is 2.35. The predicted octanol–water partition coefficient (Wildman–Crippen LogP) is 0.864. The number of pyridine rings is 1. The SMILES string of the molecule is O=C(O)CNC(=O)c1c(O)c2c(n(Cc3ccc(C(F)(F)F)cc3)c1=O)CS(=O)(=O)C2. The van der Waals surface area contributed by atoms with Crippen molar-refractivity contribution < 1.29 is 41.4 Å². The van der Waals surface area contributed by atoms with Crippen molar-refractivity contribution in [1.29, 1.82) is 0 Å². The topological polar surface area (TPSA) is 143 Å². The van der Waals surface area contributed by atoms with Gasteiger partial charge in [0.25, 0.3) is 11.5 Å². The number of benzene rings is 1. The van der Waals surface area contributed by atoms with Gasteiger partial charge in [0.15, 0.2) is 9.84 Å². The van der Waals surface area contributed by atoms with Crippen LogP contribution in [0.2, 0.25) is 0 Å². The lowest BCUT2D eigenvalue weighted by molar-refractivity contribution is -0.138. The summed E-state index contributed by atoms with van der Waals surface area (Å²) < 4.78 is 63.3. The van der Waals surface area contributed by atoms with Crippen LogP contribution in [0.5, 0.6) is 5.75 Å². The van der Waals surface area contributed by atoms with E-state index >= 15 is 0 Å². The normalized spacial score (nSPS) is 14.8. The molecular formula is C18H15F3N2O7S. The van der Waals surface area contributed by atoms with Gasteiger partial charge in [0.2, 0.25) is 0 Å². The first kappa shape index (κ1) is 22.3. The van der Waals surface area contributed by atoms with E-state index in [1.807, 2.05) is 5.32 Å². The Morgan fingerprint density at radius 1 is 1.13 bits per heavy atom. The highest BCUT2D eigenvalue weighted by Crippen LogP contribution is 2.34. The number of amides is 1. The molecule has 0 aliphatic carbocycles. The van der Waals surface area contributed by atoms with Crippen LogP contribution in [0.4, 0.5) is 13.2 Å². The molecule has 166 valence electrons. The molecule has 0 atom stereocenters. The predicted molar refractivity (Wildman–Crippen MR) is 99.2 cm³/mol. The van der Waals surface area contributed by atoms with Crippen LogP contribution >= 0.6 is 0 Å². The molecule has 1 amide bonds. The molecule has 1 aliphatic rings. The highest BCUT2D eigenvalue weighted by atomic mass is 32.2. The van der Waals surface area contributed by atoms with E-state index in [-0.39, 0.29) is 23.4 Å². The van der Waals surface area contributed by atoms with Crippen molar-refractivity contribution in [1.82, 2.24) is 9.88 Å². The van der Waals surface area contributed by atoms with Gasteiger partial charge >= 0.3 is 12.1 Å². The Bertz CT molecular complexity index is 1230. The van der Waals surface area contributed by atoms with Crippen molar-refractivity contribution in [3.8, 4) is 5.75 Å². The van der Waals surface area contributed by atoms with Crippen LogP contribution in [-0.2, 0) is 38.9 Å². The standard InChI is InChI=1S/C18H15F3N2O7S/c19-18(20,21)10-3-1-9(2-4-10)6-23-12-8-31(29,30)7-11(12)15(26)14(17(23)28)16(27)22-5-13(24)25/h1-4,26H,5-8H2,(H,22,27)(H,24,25). The summed E-state index contributed by atoms with van der Waals surface area (Å²) >= 11 is 0. The Kier molecular flexibility index (Phi) is 5.56. The van der Waals surface area contributed by atoms with E-state index in [9.17, 15) is 41.1 Å². The molecule has 31 heavy (non-hydrogen) atoms. The van der Waals surface area contributed by atoms with Crippen LogP contribution in [0.25, 0.3) is 0 Å². The number of carbonyl (C=O) groups is 2. The molecule has 13 heteroatoms. The van der Waals surface area contributed by atoms with E-state index in [4.69, 9.17) is 5.11 Å². The minimum atomic E-state index is -4.57. The summed E-state index contributed by atoms with van der Waals surface area (Å²) in [6.07, 6.45) is -4.57. The maximum Gasteiger partial charge on any atom is 0.416 e. The number of rotatable bonds is 5. The third kappa shape index (κ3) is 4.55. The van der Waals surface area contributed by atoms with Crippen LogP contribution in [0.1, 0.15) is 32.7 Å². The summed E-state index contributed by atoms with van der Waals surface area (Å²) in [5.41, 5.74) is -2.93. The Hall–Kier alpha value is -3.35. The van der Waals surface area contributed by atoms with E-state index in [0.717, 1.165) is 28.8 Å². The third-order valence-electron chi connectivity index (χ3n) is 4.63. The van der Waals surface area contributed by atoms with Crippen molar-refractivity contribution in [3.63, 3.8) is 0 Å². The summed E-state index contributed by atoms with van der Waals surface area (Å²) in [6, 6.07) is 3.78. The van der Waals surface area contributed by atoms with Gasteiger partial charge in [-0.1, -0.05) is 12.1 Å². The molecule has 1 aromatic heterocycles. The molecule has 0 saturated heterocycles. The Labute approximate surface area is 172 Å². The lowest BCUT2D eigenvalue weighted by Crippen LogP contribution is -2.37. The lowest BCUT2D eigenvalue weighted by atomic mass is 10.1.